The third-order valence-corrected chi connectivity index (χ3v) is 5.56. The number of ether oxygens (including phenoxy) is 2. The van der Waals surface area contributed by atoms with Gasteiger partial charge in [0, 0.05) is 6.42 Å². The summed E-state index contributed by atoms with van der Waals surface area (Å²) in [5.74, 6) is -2.63. The molecule has 32 heavy (non-hydrogen) atoms. The Morgan fingerprint density at radius 3 is 2.62 bits per heavy atom. The van der Waals surface area contributed by atoms with Gasteiger partial charge in [-0.1, -0.05) is 23.5 Å². The maximum absolute atomic E-state index is 12.4. The molecule has 3 N–H and O–H groups in total. The number of nitrogens with zero attached hydrogens (tertiary/aromatic N) is 1. The number of esters is 2. The van der Waals surface area contributed by atoms with E-state index in [1.54, 1.807) is 24.3 Å². The Labute approximate surface area is 186 Å². The van der Waals surface area contributed by atoms with Gasteiger partial charge in [0.25, 0.3) is 5.91 Å². The van der Waals surface area contributed by atoms with E-state index in [-0.39, 0.29) is 35.0 Å². The van der Waals surface area contributed by atoms with Gasteiger partial charge in [-0.05, 0) is 18.6 Å². The third-order valence-electron chi connectivity index (χ3n) is 4.57. The molecule has 0 aliphatic carbocycles. The number of anilines is 2. The van der Waals surface area contributed by atoms with Crippen LogP contribution >= 0.6 is 11.3 Å². The van der Waals surface area contributed by atoms with Crippen LogP contribution < -0.4 is 16.0 Å². The number of nitrogens with one attached hydrogen (secondary N) is 3. The minimum absolute atomic E-state index is 0.0433. The van der Waals surface area contributed by atoms with Gasteiger partial charge in [0.05, 0.1) is 37.6 Å². The number of carbonyl (C=O) groups excluding carboxylic acids is 5. The van der Waals surface area contributed by atoms with Crippen molar-refractivity contribution in [1.82, 2.24) is 10.3 Å². The van der Waals surface area contributed by atoms with Crippen LogP contribution in [0.25, 0.3) is 0 Å². The van der Waals surface area contributed by atoms with Gasteiger partial charge in [-0.25, -0.2) is 9.78 Å². The smallest absolute Gasteiger partial charge is 0.350 e. The number of rotatable bonds is 7. The van der Waals surface area contributed by atoms with Gasteiger partial charge in [-0.3, -0.25) is 19.2 Å². The monoisotopic (exact) mass is 460 g/mol. The highest BCUT2D eigenvalue weighted by atomic mass is 32.1. The van der Waals surface area contributed by atoms with Crippen LogP contribution in [0.3, 0.4) is 0 Å². The molecule has 3 rings (SSSR count). The molecule has 2 aromatic rings. The zero-order chi connectivity index (χ0) is 23.3. The molecule has 3 amide bonds. The average molecular weight is 460 g/mol. The summed E-state index contributed by atoms with van der Waals surface area (Å²) in [5, 5.41) is 7.91. The number of aromatic nitrogens is 1. The predicted molar refractivity (Wildman–Crippen MR) is 113 cm³/mol. The molecule has 11 nitrogen and oxygen atoms in total. The lowest BCUT2D eigenvalue weighted by Gasteiger charge is -2.13. The van der Waals surface area contributed by atoms with Crippen molar-refractivity contribution in [3.8, 4) is 0 Å². The minimum atomic E-state index is -0.905. The standard InChI is InChI=1S/C20H20N4O7S/c1-30-15(26)9-13-16(19(29)31-2)32-20(23-13)24-14(25)8-7-12-18(28)21-11-6-4-3-5-10(11)17(27)22-12/h3-6,12H,7-9H2,1-2H3,(H,21,28)(H,22,27)(H,23,24,25)/t12-/m0/s1. The first kappa shape index (κ1) is 22.9. The van der Waals surface area contributed by atoms with Gasteiger partial charge >= 0.3 is 11.9 Å². The molecule has 1 aromatic heterocycles. The highest BCUT2D eigenvalue weighted by molar-refractivity contribution is 7.17. The molecule has 0 unspecified atom stereocenters. The maximum atomic E-state index is 12.4. The number of amides is 3. The summed E-state index contributed by atoms with van der Waals surface area (Å²) >= 11 is 0.856. The van der Waals surface area contributed by atoms with Crippen LogP contribution in [0.4, 0.5) is 10.8 Å². The topological polar surface area (TPSA) is 153 Å². The van der Waals surface area contributed by atoms with E-state index in [1.165, 1.54) is 14.2 Å². The van der Waals surface area contributed by atoms with Crippen LogP contribution in [-0.2, 0) is 30.3 Å². The lowest BCUT2D eigenvalue weighted by atomic mass is 10.1. The van der Waals surface area contributed by atoms with Crippen molar-refractivity contribution in [3.05, 3.63) is 40.4 Å². The van der Waals surface area contributed by atoms with Crippen LogP contribution in [0.5, 0.6) is 0 Å². The van der Waals surface area contributed by atoms with Crippen LogP contribution in [0.2, 0.25) is 0 Å². The van der Waals surface area contributed by atoms with E-state index in [4.69, 9.17) is 0 Å². The maximum Gasteiger partial charge on any atom is 0.350 e. The Morgan fingerprint density at radius 1 is 1.16 bits per heavy atom. The summed E-state index contributed by atoms with van der Waals surface area (Å²) in [6.45, 7) is 0. The number of benzene rings is 1. The van der Waals surface area contributed by atoms with Crippen molar-refractivity contribution >= 4 is 51.8 Å². The summed E-state index contributed by atoms with van der Waals surface area (Å²) in [4.78, 5) is 64.8. The van der Waals surface area contributed by atoms with E-state index in [2.05, 4.69) is 30.4 Å². The second kappa shape index (κ2) is 10.0. The predicted octanol–water partition coefficient (Wildman–Crippen LogP) is 1.11. The number of hydrogen-bond donors (Lipinski definition) is 3. The summed E-state index contributed by atoms with van der Waals surface area (Å²) in [6, 6.07) is 5.69. The SMILES string of the molecule is COC(=O)Cc1nc(NC(=O)CC[C@@H]2NC(=O)c3ccccc3NC2=O)sc1C(=O)OC. The number of thiazole rings is 1. The van der Waals surface area contributed by atoms with Crippen LogP contribution in [0.1, 0.15) is 38.6 Å². The van der Waals surface area contributed by atoms with Crippen molar-refractivity contribution in [1.29, 1.82) is 0 Å². The molecule has 1 aliphatic rings. The van der Waals surface area contributed by atoms with Crippen LogP contribution in [0, 0.1) is 0 Å². The molecular weight excluding hydrogens is 440 g/mol. The van der Waals surface area contributed by atoms with Gasteiger partial charge in [0.15, 0.2) is 5.13 Å². The molecule has 0 spiro atoms. The van der Waals surface area contributed by atoms with Crippen molar-refractivity contribution in [2.24, 2.45) is 0 Å². The molecule has 2 heterocycles. The molecule has 0 fully saturated rings. The summed E-state index contributed by atoms with van der Waals surface area (Å²) in [5.41, 5.74) is 0.861. The molecule has 0 saturated carbocycles. The van der Waals surface area contributed by atoms with E-state index in [9.17, 15) is 24.0 Å². The Hall–Kier alpha value is -3.80. The van der Waals surface area contributed by atoms with E-state index in [0.717, 1.165) is 11.3 Å². The Kier molecular flexibility index (Phi) is 7.15. The molecule has 1 atom stereocenters. The number of methoxy groups -OCH3 is 2. The molecule has 1 aliphatic heterocycles. The second-order valence-electron chi connectivity index (χ2n) is 6.69. The van der Waals surface area contributed by atoms with Gasteiger partial charge in [-0.15, -0.1) is 0 Å². The van der Waals surface area contributed by atoms with E-state index >= 15 is 0 Å². The highest BCUT2D eigenvalue weighted by Crippen LogP contribution is 2.25. The first-order valence-electron chi connectivity index (χ1n) is 9.47. The van der Waals surface area contributed by atoms with Crippen LogP contribution in [0.15, 0.2) is 24.3 Å². The molecule has 1 aromatic carbocycles. The zero-order valence-corrected chi connectivity index (χ0v) is 18.0. The lowest BCUT2D eigenvalue weighted by Crippen LogP contribution is -2.41. The molecular formula is C20H20N4O7S. The number of hydrogen-bond acceptors (Lipinski definition) is 9. The third kappa shape index (κ3) is 5.27. The average Bonchev–Trinajstić information content (AvgIpc) is 3.12. The van der Waals surface area contributed by atoms with Crippen molar-refractivity contribution in [2.45, 2.75) is 25.3 Å². The van der Waals surface area contributed by atoms with Crippen LogP contribution in [-0.4, -0.2) is 54.9 Å². The van der Waals surface area contributed by atoms with E-state index in [0.29, 0.717) is 11.3 Å². The number of carbonyl (C=O) groups is 5. The quantitative estimate of drug-likeness (QED) is 0.520. The zero-order valence-electron chi connectivity index (χ0n) is 17.2. The van der Waals surface area contributed by atoms with Gasteiger partial charge in [0.1, 0.15) is 10.9 Å². The summed E-state index contributed by atoms with van der Waals surface area (Å²) < 4.78 is 9.26. The molecule has 168 valence electrons. The summed E-state index contributed by atoms with van der Waals surface area (Å²) in [6.07, 6.45) is -0.321. The normalized spacial score (nSPS) is 15.0. The fourth-order valence-electron chi connectivity index (χ4n) is 2.96. The van der Waals surface area contributed by atoms with Crippen molar-refractivity contribution in [3.63, 3.8) is 0 Å². The molecule has 0 bridgehead atoms. The first-order valence-corrected chi connectivity index (χ1v) is 10.3. The largest absolute Gasteiger partial charge is 0.469 e. The lowest BCUT2D eigenvalue weighted by molar-refractivity contribution is -0.139. The van der Waals surface area contributed by atoms with Gasteiger partial charge in [-0.2, -0.15) is 0 Å². The first-order chi connectivity index (χ1) is 15.3. The fraction of sp³-hybridized carbons (Fsp3) is 0.300. The highest BCUT2D eigenvalue weighted by Gasteiger charge is 2.28. The second-order valence-corrected chi connectivity index (χ2v) is 7.69. The number of para-hydroxylation sites is 1. The Morgan fingerprint density at radius 2 is 1.91 bits per heavy atom. The summed E-state index contributed by atoms with van der Waals surface area (Å²) in [7, 11) is 2.39. The molecule has 12 heteroatoms. The van der Waals surface area contributed by atoms with E-state index < -0.39 is 35.7 Å². The number of fused-ring (bicyclic) bond motifs is 1. The van der Waals surface area contributed by atoms with Crippen molar-refractivity contribution in [2.75, 3.05) is 24.9 Å². The molecule has 0 saturated heterocycles. The molecule has 0 radical (unpaired) electrons. The van der Waals surface area contributed by atoms with Gasteiger partial charge < -0.3 is 25.4 Å². The van der Waals surface area contributed by atoms with Crippen molar-refractivity contribution < 1.29 is 33.4 Å². The fourth-order valence-corrected chi connectivity index (χ4v) is 3.87. The van der Waals surface area contributed by atoms with Gasteiger partial charge in [0.2, 0.25) is 11.8 Å². The van der Waals surface area contributed by atoms with E-state index in [1.807, 2.05) is 0 Å². The Balaban J connectivity index is 1.63. The Bertz CT molecular complexity index is 1080. The minimum Gasteiger partial charge on any atom is -0.469 e.